The van der Waals surface area contributed by atoms with Crippen molar-refractivity contribution in [3.8, 4) is 0 Å². The Kier molecular flexibility index (Phi) is 5.69. The number of hydrogen-bond acceptors (Lipinski definition) is 6. The number of carbonyl (C=O) groups is 2. The van der Waals surface area contributed by atoms with Gasteiger partial charge < -0.3 is 19.5 Å². The molecule has 2 fully saturated rings. The van der Waals surface area contributed by atoms with Crippen molar-refractivity contribution in [1.29, 1.82) is 0 Å². The van der Waals surface area contributed by atoms with Crippen molar-refractivity contribution in [2.75, 3.05) is 6.54 Å². The highest BCUT2D eigenvalue weighted by Crippen LogP contribution is 2.43. The average Bonchev–Trinajstić information content (AvgIpc) is 3.23. The monoisotopic (exact) mass is 391 g/mol. The Labute approximate surface area is 170 Å². The van der Waals surface area contributed by atoms with Crippen LogP contribution in [0.5, 0.6) is 0 Å². The normalized spacial score (nSPS) is 27.5. The molecule has 29 heavy (non-hydrogen) atoms. The Morgan fingerprint density at radius 3 is 2.17 bits per heavy atom. The van der Waals surface area contributed by atoms with E-state index < -0.39 is 29.5 Å². The van der Waals surface area contributed by atoms with Crippen LogP contribution in [0.3, 0.4) is 0 Å². The fourth-order valence-corrected chi connectivity index (χ4v) is 4.04. The molecule has 0 aromatic heterocycles. The molecule has 6 nitrogen and oxygen atoms in total. The zero-order valence-electron chi connectivity index (χ0n) is 16.0. The maximum atomic E-state index is 12.8. The molecule has 2 bridgehead atoms. The molecule has 2 unspecified atom stereocenters. The van der Waals surface area contributed by atoms with Gasteiger partial charge in [-0.15, -0.1) is 0 Å². The van der Waals surface area contributed by atoms with E-state index in [1.54, 1.807) is 0 Å². The minimum Gasteiger partial charge on any atom is -0.461 e. The van der Waals surface area contributed by atoms with Crippen molar-refractivity contribution in [3.05, 3.63) is 71.8 Å². The number of morpholine rings is 1. The average molecular weight is 391 g/mol. The SMILES string of the molecule is [B][C@@H]1O[C@@]2(CC(=O)OCc3ccccc3)CNC1C2C(=O)OCc1ccccc1. The van der Waals surface area contributed by atoms with Gasteiger partial charge in [0.25, 0.3) is 0 Å². The molecule has 4 rings (SSSR count). The highest BCUT2D eigenvalue weighted by atomic mass is 16.6. The van der Waals surface area contributed by atoms with E-state index in [1.807, 2.05) is 60.7 Å². The maximum absolute atomic E-state index is 12.8. The van der Waals surface area contributed by atoms with Gasteiger partial charge in [-0.3, -0.25) is 9.59 Å². The van der Waals surface area contributed by atoms with Gasteiger partial charge >= 0.3 is 11.9 Å². The zero-order chi connectivity index (χ0) is 20.3. The van der Waals surface area contributed by atoms with Gasteiger partial charge in [-0.2, -0.15) is 0 Å². The maximum Gasteiger partial charge on any atom is 0.313 e. The molecule has 2 aromatic rings. The summed E-state index contributed by atoms with van der Waals surface area (Å²) in [5.74, 6) is -1.52. The van der Waals surface area contributed by atoms with Crippen LogP contribution in [-0.4, -0.2) is 44.0 Å². The summed E-state index contributed by atoms with van der Waals surface area (Å²) in [6.45, 7) is 0.672. The van der Waals surface area contributed by atoms with Crippen LogP contribution in [0.15, 0.2) is 60.7 Å². The van der Waals surface area contributed by atoms with Crippen molar-refractivity contribution in [2.24, 2.45) is 5.92 Å². The summed E-state index contributed by atoms with van der Waals surface area (Å²) in [5, 5.41) is 3.20. The third kappa shape index (κ3) is 4.21. The number of fused-ring (bicyclic) bond motifs is 2. The third-order valence-electron chi connectivity index (χ3n) is 5.45. The van der Waals surface area contributed by atoms with E-state index in [9.17, 15) is 9.59 Å². The fourth-order valence-electron chi connectivity index (χ4n) is 4.04. The molecule has 0 amide bonds. The molecule has 2 saturated heterocycles. The Bertz CT molecular complexity index is 862. The number of carbonyl (C=O) groups excluding carboxylic acids is 2. The number of nitrogens with one attached hydrogen (secondary N) is 1. The van der Waals surface area contributed by atoms with Crippen molar-refractivity contribution in [1.82, 2.24) is 5.32 Å². The molecule has 1 N–H and O–H groups in total. The highest BCUT2D eigenvalue weighted by Gasteiger charge is 2.62. The summed E-state index contributed by atoms with van der Waals surface area (Å²) in [7, 11) is 6.04. The van der Waals surface area contributed by atoms with Crippen molar-refractivity contribution >= 4 is 19.8 Å². The van der Waals surface area contributed by atoms with E-state index >= 15 is 0 Å². The largest absolute Gasteiger partial charge is 0.461 e. The Balaban J connectivity index is 1.40. The van der Waals surface area contributed by atoms with Gasteiger partial charge in [-0.05, 0) is 11.1 Å². The molecule has 0 saturated carbocycles. The Morgan fingerprint density at radius 1 is 1.00 bits per heavy atom. The molecule has 2 radical (unpaired) electrons. The predicted octanol–water partition coefficient (Wildman–Crippen LogP) is 1.71. The summed E-state index contributed by atoms with van der Waals surface area (Å²) in [6, 6.07) is 17.8. The number of benzene rings is 2. The van der Waals surface area contributed by atoms with Crippen molar-refractivity contribution in [2.45, 2.75) is 37.3 Å². The number of hydrogen-bond donors (Lipinski definition) is 1. The molecule has 2 aliphatic heterocycles. The van der Waals surface area contributed by atoms with E-state index in [0.717, 1.165) is 11.1 Å². The van der Waals surface area contributed by atoms with Crippen LogP contribution in [0.25, 0.3) is 0 Å². The first-order valence-corrected chi connectivity index (χ1v) is 9.64. The third-order valence-corrected chi connectivity index (χ3v) is 5.45. The number of rotatable bonds is 7. The first kappa shape index (κ1) is 19.7. The second-order valence-electron chi connectivity index (χ2n) is 7.45. The van der Waals surface area contributed by atoms with Gasteiger partial charge in [-0.1, -0.05) is 60.7 Å². The minimum absolute atomic E-state index is 0.0673. The van der Waals surface area contributed by atoms with E-state index in [2.05, 4.69) is 5.32 Å². The number of ether oxygens (including phenoxy) is 3. The van der Waals surface area contributed by atoms with Crippen molar-refractivity contribution in [3.63, 3.8) is 0 Å². The lowest BCUT2D eigenvalue weighted by molar-refractivity contribution is -0.161. The molecular weight excluding hydrogens is 369 g/mol. The summed E-state index contributed by atoms with van der Waals surface area (Å²) >= 11 is 0. The van der Waals surface area contributed by atoms with Gasteiger partial charge in [0.05, 0.1) is 6.42 Å². The van der Waals surface area contributed by atoms with Crippen LogP contribution in [0.4, 0.5) is 0 Å². The van der Waals surface area contributed by atoms with Crippen LogP contribution in [0, 0.1) is 5.92 Å². The summed E-state index contributed by atoms with van der Waals surface area (Å²) in [6.07, 6.45) is -0.0673. The standard InChI is InChI=1S/C22H22BNO5/c23-20-19-18(21(26)28-13-16-9-5-2-6-10-16)22(29-20,14-24-19)11-17(25)27-12-15-7-3-1-4-8-15/h1-10,18-20,24H,11-14H2/t18?,19?,20-,22+/m1/s1. The predicted molar refractivity (Wildman–Crippen MR) is 106 cm³/mol. The highest BCUT2D eigenvalue weighted by molar-refractivity contribution is 6.12. The summed E-state index contributed by atoms with van der Waals surface area (Å²) in [4.78, 5) is 25.3. The quantitative estimate of drug-likeness (QED) is 0.573. The van der Waals surface area contributed by atoms with Crippen molar-refractivity contribution < 1.29 is 23.8 Å². The topological polar surface area (TPSA) is 73.9 Å². The molecular formula is C22H22BNO5. The lowest BCUT2D eigenvalue weighted by atomic mass is 9.82. The molecule has 2 aromatic carbocycles. The van der Waals surface area contributed by atoms with Gasteiger partial charge in [0.1, 0.15) is 32.6 Å². The van der Waals surface area contributed by atoms with Gasteiger partial charge in [0, 0.05) is 18.6 Å². The molecule has 148 valence electrons. The van der Waals surface area contributed by atoms with Gasteiger partial charge in [0.2, 0.25) is 0 Å². The minimum atomic E-state index is -1.05. The van der Waals surface area contributed by atoms with Gasteiger partial charge in [-0.25, -0.2) is 0 Å². The molecule has 7 heteroatoms. The fraction of sp³-hybridized carbons (Fsp3) is 0.364. The molecule has 2 aliphatic rings. The lowest BCUT2D eigenvalue weighted by Gasteiger charge is -2.30. The van der Waals surface area contributed by atoms with Crippen LogP contribution >= 0.6 is 0 Å². The van der Waals surface area contributed by atoms with Crippen LogP contribution in [0.2, 0.25) is 0 Å². The molecule has 4 atom stereocenters. The van der Waals surface area contributed by atoms with E-state index in [-0.39, 0.29) is 25.7 Å². The van der Waals surface area contributed by atoms with Gasteiger partial charge in [0.15, 0.2) is 0 Å². The van der Waals surface area contributed by atoms with Crippen LogP contribution < -0.4 is 5.32 Å². The molecule has 2 heterocycles. The molecule has 0 aliphatic carbocycles. The van der Waals surface area contributed by atoms with Crippen LogP contribution in [0.1, 0.15) is 17.5 Å². The molecule has 0 spiro atoms. The Morgan fingerprint density at radius 2 is 1.59 bits per heavy atom. The second kappa shape index (κ2) is 8.39. The van der Waals surface area contributed by atoms with Crippen LogP contribution in [-0.2, 0) is 37.0 Å². The van der Waals surface area contributed by atoms with E-state index in [1.165, 1.54) is 0 Å². The first-order valence-electron chi connectivity index (χ1n) is 9.64. The lowest BCUT2D eigenvalue weighted by Crippen LogP contribution is -2.46. The van der Waals surface area contributed by atoms with E-state index in [0.29, 0.717) is 6.54 Å². The smallest absolute Gasteiger partial charge is 0.313 e. The van der Waals surface area contributed by atoms with E-state index in [4.69, 9.17) is 22.1 Å². The summed E-state index contributed by atoms with van der Waals surface area (Å²) in [5.41, 5.74) is 0.732. The second-order valence-corrected chi connectivity index (χ2v) is 7.45. The Hall–Kier alpha value is -2.64. The zero-order valence-corrected chi connectivity index (χ0v) is 16.0. The summed E-state index contributed by atoms with van der Waals surface area (Å²) < 4.78 is 16.8. The number of esters is 2. The first-order chi connectivity index (χ1) is 14.1.